The molecule has 0 aliphatic carbocycles. The van der Waals surface area contributed by atoms with Crippen LogP contribution in [0.15, 0.2) is 30.3 Å². The van der Waals surface area contributed by atoms with Gasteiger partial charge in [0.05, 0.1) is 0 Å². The van der Waals surface area contributed by atoms with Crippen LogP contribution in [0.3, 0.4) is 0 Å². The van der Waals surface area contributed by atoms with E-state index in [4.69, 9.17) is 76.4 Å². The van der Waals surface area contributed by atoms with Crippen LogP contribution >= 0.6 is 0 Å². The lowest BCUT2D eigenvalue weighted by Gasteiger charge is -2.41. The first kappa shape index (κ1) is 51.6. The van der Waals surface area contributed by atoms with Crippen molar-refractivity contribution in [2.45, 2.75) is 58.9 Å². The molecule has 0 bridgehead atoms. The van der Waals surface area contributed by atoms with Crippen molar-refractivity contribution in [3.8, 4) is 0 Å². The molecule has 0 spiro atoms. The summed E-state index contributed by atoms with van der Waals surface area (Å²) in [6.45, 7) is 19.8. The molecule has 21 heteroatoms. The van der Waals surface area contributed by atoms with Crippen molar-refractivity contribution in [1.82, 2.24) is 0 Å². The summed E-state index contributed by atoms with van der Waals surface area (Å²) in [5.41, 5.74) is 0. The molecule has 0 radical (unpaired) electrons. The van der Waals surface area contributed by atoms with Gasteiger partial charge >= 0.3 is 17.1 Å². The van der Waals surface area contributed by atoms with Crippen molar-refractivity contribution in [3.63, 3.8) is 0 Å². The maximum Gasteiger partial charge on any atom is 0.350 e. The second-order valence-corrected chi connectivity index (χ2v) is 24.4. The second-order valence-electron chi connectivity index (χ2n) is 8.24. The van der Waals surface area contributed by atoms with Crippen LogP contribution in [0.5, 0.6) is 0 Å². The average molecular weight is 639 g/mol. The molecule has 224 valence electrons. The largest absolute Gasteiger partial charge is 0.437 e. The van der Waals surface area contributed by atoms with Crippen LogP contribution in [0.25, 0.3) is 0 Å². The van der Waals surface area contributed by atoms with E-state index in [1.165, 1.54) is 5.19 Å². The lowest BCUT2D eigenvalue weighted by Crippen LogP contribution is -2.62. The van der Waals surface area contributed by atoms with E-state index in [0.717, 1.165) is 0 Å². The highest BCUT2D eigenvalue weighted by molar-refractivity contribution is 6.94. The first-order valence-corrected chi connectivity index (χ1v) is 20.8. The molecular formula is C15H32F14O3Si4. The topological polar surface area (TPSA) is 27.7 Å². The van der Waals surface area contributed by atoms with E-state index < -0.39 is 33.8 Å². The van der Waals surface area contributed by atoms with Gasteiger partial charge in [0.25, 0.3) is 0 Å². The van der Waals surface area contributed by atoms with Gasteiger partial charge < -0.3 is 12.3 Å². The zero-order valence-electron chi connectivity index (χ0n) is 20.9. The number of hydrogen-bond acceptors (Lipinski definition) is 3. The minimum Gasteiger partial charge on any atom is -0.437 e. The van der Waals surface area contributed by atoms with E-state index in [2.05, 4.69) is 83.2 Å². The Labute approximate surface area is 205 Å². The maximum atomic E-state index is 8.00. The Morgan fingerprint density at radius 3 is 0.944 bits per heavy atom. The minimum atomic E-state index is -2.48. The minimum absolute atomic E-state index is 1.19. The van der Waals surface area contributed by atoms with Crippen LogP contribution in [0, 0.1) is 0 Å². The van der Waals surface area contributed by atoms with Crippen molar-refractivity contribution in [1.29, 1.82) is 0 Å². The molecule has 0 aromatic heterocycles. The van der Waals surface area contributed by atoms with Crippen molar-refractivity contribution >= 4 is 38.9 Å². The standard InChI is InChI=1S/C15H32O3Si4.7F2/c1-19(2,3)16-21(7,8)18-22(9,17-20(4,5)6)15-13-11-10-12-14-15;7*1-2/h10-14H,1-9H3;;;;;;;. The van der Waals surface area contributed by atoms with Gasteiger partial charge in [0.15, 0.2) is 16.6 Å². The van der Waals surface area contributed by atoms with Crippen LogP contribution in [0.1, 0.15) is 0 Å². The van der Waals surface area contributed by atoms with Crippen LogP contribution < -0.4 is 5.19 Å². The molecule has 0 saturated heterocycles. The molecule has 0 fully saturated rings. The zero-order chi connectivity index (χ0) is 31.2. The SMILES string of the molecule is C[Si](C)(C)O[Si](C)(C)O[Si](C)(O[Si](C)(C)C)c1ccccc1.FF.FF.FF.FF.FF.FF.FF. The summed E-state index contributed by atoms with van der Waals surface area (Å²) in [5.74, 6) is 0. The monoisotopic (exact) mass is 638 g/mol. The smallest absolute Gasteiger partial charge is 0.350 e. The molecule has 1 aromatic rings. The third kappa shape index (κ3) is 35.2. The summed E-state index contributed by atoms with van der Waals surface area (Å²) < 4.78 is 132. The molecule has 0 heterocycles. The normalized spacial score (nSPS) is 11.2. The van der Waals surface area contributed by atoms with Gasteiger partial charge in [-0.25, -0.2) is 0 Å². The molecule has 0 N–H and O–H groups in total. The Balaban J connectivity index is -0.000000103. The van der Waals surface area contributed by atoms with E-state index >= 15 is 0 Å². The van der Waals surface area contributed by atoms with Crippen molar-refractivity contribution in [3.05, 3.63) is 30.3 Å². The number of hydrogen-bond donors (Lipinski definition) is 0. The zero-order valence-corrected chi connectivity index (χ0v) is 24.9. The highest BCUT2D eigenvalue weighted by Gasteiger charge is 2.45. The van der Waals surface area contributed by atoms with Gasteiger partial charge in [0.2, 0.25) is 0 Å². The van der Waals surface area contributed by atoms with E-state index in [-0.39, 0.29) is 0 Å². The van der Waals surface area contributed by atoms with E-state index in [9.17, 15) is 0 Å². The summed E-state index contributed by atoms with van der Waals surface area (Å²) in [7, 11) is -8.07. The van der Waals surface area contributed by atoms with Crippen molar-refractivity contribution in [2.75, 3.05) is 0 Å². The molecule has 1 atom stereocenters. The fourth-order valence-corrected chi connectivity index (χ4v) is 19.8. The summed E-state index contributed by atoms with van der Waals surface area (Å²) in [5, 5.41) is 1.19. The Morgan fingerprint density at radius 1 is 0.417 bits per heavy atom. The van der Waals surface area contributed by atoms with Crippen LogP contribution in [-0.2, 0) is 12.3 Å². The Hall–Kier alpha value is -1.01. The van der Waals surface area contributed by atoms with Gasteiger partial charge in [0, 0.05) is 64.0 Å². The van der Waals surface area contributed by atoms with Crippen LogP contribution in [0.2, 0.25) is 58.9 Å². The van der Waals surface area contributed by atoms with Gasteiger partial charge in [0.1, 0.15) is 0 Å². The van der Waals surface area contributed by atoms with Crippen molar-refractivity contribution < 1.29 is 76.4 Å². The molecule has 0 saturated carbocycles. The number of halogens is 14. The lowest BCUT2D eigenvalue weighted by molar-refractivity contribution is 0.108. The van der Waals surface area contributed by atoms with Gasteiger partial charge in [-0.1, -0.05) is 30.3 Å². The Morgan fingerprint density at radius 2 is 0.694 bits per heavy atom. The Kier molecular flexibility index (Phi) is 45.9. The molecule has 1 unspecified atom stereocenters. The summed E-state index contributed by atoms with van der Waals surface area (Å²) in [6, 6.07) is 10.4. The molecule has 36 heavy (non-hydrogen) atoms. The molecule has 1 aromatic carbocycles. The quantitative estimate of drug-likeness (QED) is 0.220. The van der Waals surface area contributed by atoms with Crippen LogP contribution in [-0.4, -0.2) is 33.8 Å². The summed E-state index contributed by atoms with van der Waals surface area (Å²) >= 11 is 0. The van der Waals surface area contributed by atoms with E-state index in [1.54, 1.807) is 0 Å². The molecule has 0 amide bonds. The van der Waals surface area contributed by atoms with Gasteiger partial charge in [-0.15, -0.1) is 0 Å². The van der Waals surface area contributed by atoms with Crippen molar-refractivity contribution in [2.24, 2.45) is 0 Å². The number of benzene rings is 1. The lowest BCUT2D eigenvalue weighted by atomic mass is 10.4. The van der Waals surface area contributed by atoms with Crippen LogP contribution in [0.4, 0.5) is 64.0 Å². The fraction of sp³-hybridized carbons (Fsp3) is 0.600. The first-order chi connectivity index (χ1) is 16.7. The van der Waals surface area contributed by atoms with E-state index in [0.29, 0.717) is 0 Å². The van der Waals surface area contributed by atoms with Gasteiger partial charge in [-0.3, -0.25) is 0 Å². The first-order valence-electron chi connectivity index (χ1n) is 8.89. The summed E-state index contributed by atoms with van der Waals surface area (Å²) in [6.07, 6.45) is 0. The molecule has 1 rings (SSSR count). The van der Waals surface area contributed by atoms with Gasteiger partial charge in [-0.2, -0.15) is 0 Å². The van der Waals surface area contributed by atoms with Gasteiger partial charge in [-0.05, 0) is 64.1 Å². The second kappa shape index (κ2) is 32.0. The van der Waals surface area contributed by atoms with E-state index in [1.807, 2.05) is 6.07 Å². The molecule has 0 aliphatic heterocycles. The Bertz CT molecular complexity index is 515. The molecular weight excluding hydrogens is 606 g/mol. The molecule has 0 aliphatic rings. The predicted molar refractivity (Wildman–Crippen MR) is 121 cm³/mol. The highest BCUT2D eigenvalue weighted by atomic mass is 28.5. The third-order valence-corrected chi connectivity index (χ3v) is 16.1. The average Bonchev–Trinajstić information content (AvgIpc) is 2.85. The molecule has 3 nitrogen and oxygen atoms in total. The number of rotatable bonds is 7. The predicted octanol–water partition coefficient (Wildman–Crippen LogP) is 10.3. The third-order valence-electron chi connectivity index (χ3n) is 2.79. The maximum absolute atomic E-state index is 8.00. The fourth-order valence-electron chi connectivity index (χ4n) is 2.69. The summed E-state index contributed by atoms with van der Waals surface area (Å²) in [4.78, 5) is 0. The highest BCUT2D eigenvalue weighted by Crippen LogP contribution is 2.24.